The van der Waals surface area contributed by atoms with Gasteiger partial charge in [-0.2, -0.15) is 0 Å². The van der Waals surface area contributed by atoms with Crippen molar-refractivity contribution in [2.75, 3.05) is 0 Å². The summed E-state index contributed by atoms with van der Waals surface area (Å²) in [5.74, 6) is 8.00. The lowest BCUT2D eigenvalue weighted by Gasteiger charge is -2.04. The summed E-state index contributed by atoms with van der Waals surface area (Å²) in [6.45, 7) is 3.60. The highest BCUT2D eigenvalue weighted by Gasteiger charge is 2.11. The average molecular weight is 217 g/mol. The third-order valence-corrected chi connectivity index (χ3v) is 2.92. The monoisotopic (exact) mass is 217 g/mol. The van der Waals surface area contributed by atoms with Gasteiger partial charge < -0.3 is 0 Å². The summed E-state index contributed by atoms with van der Waals surface area (Å²) < 4.78 is 22.0. The van der Waals surface area contributed by atoms with E-state index in [1.807, 2.05) is 13.0 Å². The topological polar surface area (TPSA) is 112 Å². The minimum absolute atomic E-state index is 0.211. The van der Waals surface area contributed by atoms with Gasteiger partial charge in [0.25, 0.3) is 0 Å². The Hall–Kier alpha value is -0.950. The van der Waals surface area contributed by atoms with E-state index < -0.39 is 10.0 Å². The first-order valence-corrected chi connectivity index (χ1v) is 5.40. The van der Waals surface area contributed by atoms with Gasteiger partial charge in [-0.1, -0.05) is 12.1 Å². The predicted octanol–water partition coefficient (Wildman–Crippen LogP) is -0.230. The number of nitrogens with two attached hydrogens (primary N) is 3. The Morgan fingerprint density at radius 3 is 2.00 bits per heavy atom. The SMILES string of the molecule is Cc1cccc(S(N)(=O)=O)c1C.NN. The molecule has 1 rings (SSSR count). The van der Waals surface area contributed by atoms with Gasteiger partial charge in [-0.25, -0.2) is 13.6 Å². The quantitative estimate of drug-likeness (QED) is 0.445. The maximum absolute atomic E-state index is 11.0. The Morgan fingerprint density at radius 2 is 1.64 bits per heavy atom. The number of hydrogen-bond acceptors (Lipinski definition) is 4. The number of sulfonamides is 1. The Bertz CT molecular complexity index is 401. The number of hydrazine groups is 1. The van der Waals surface area contributed by atoms with Gasteiger partial charge >= 0.3 is 0 Å². The Kier molecular flexibility index (Phi) is 4.72. The molecule has 6 heteroatoms. The molecule has 0 atom stereocenters. The van der Waals surface area contributed by atoms with Crippen LogP contribution in [0.15, 0.2) is 23.1 Å². The molecule has 0 amide bonds. The van der Waals surface area contributed by atoms with E-state index in [0.717, 1.165) is 11.1 Å². The van der Waals surface area contributed by atoms with Crippen LogP contribution in [0.25, 0.3) is 0 Å². The highest BCUT2D eigenvalue weighted by molar-refractivity contribution is 7.89. The van der Waals surface area contributed by atoms with Gasteiger partial charge in [-0.05, 0) is 31.0 Å². The molecule has 0 saturated carbocycles. The number of benzene rings is 1. The molecular weight excluding hydrogens is 202 g/mol. The van der Waals surface area contributed by atoms with E-state index in [2.05, 4.69) is 11.7 Å². The van der Waals surface area contributed by atoms with Crippen molar-refractivity contribution >= 4 is 10.0 Å². The summed E-state index contributed by atoms with van der Waals surface area (Å²) in [5, 5.41) is 5.00. The van der Waals surface area contributed by atoms with Gasteiger partial charge in [-0.3, -0.25) is 11.7 Å². The standard InChI is InChI=1S/C8H11NO2S.H4N2/c1-6-4-3-5-8(7(6)2)12(9,10)11;1-2/h3-5H,1-2H3,(H2,9,10,11);1-2H2. The molecule has 5 nitrogen and oxygen atoms in total. The Labute approximate surface area is 83.9 Å². The highest BCUT2D eigenvalue weighted by atomic mass is 32.2. The van der Waals surface area contributed by atoms with Crippen LogP contribution in [0.3, 0.4) is 0 Å². The molecule has 0 heterocycles. The van der Waals surface area contributed by atoms with Gasteiger partial charge in [0.15, 0.2) is 0 Å². The second-order valence-corrected chi connectivity index (χ2v) is 4.27. The van der Waals surface area contributed by atoms with Gasteiger partial charge in [0.1, 0.15) is 0 Å². The third-order valence-electron chi connectivity index (χ3n) is 1.86. The fraction of sp³-hybridized carbons (Fsp3) is 0.250. The number of hydrogen-bond donors (Lipinski definition) is 3. The molecule has 0 spiro atoms. The molecule has 1 aromatic carbocycles. The van der Waals surface area contributed by atoms with E-state index in [1.54, 1.807) is 13.0 Å². The van der Waals surface area contributed by atoms with Crippen LogP contribution < -0.4 is 16.8 Å². The second kappa shape index (κ2) is 5.06. The van der Waals surface area contributed by atoms with E-state index in [1.165, 1.54) is 6.07 Å². The van der Waals surface area contributed by atoms with Crippen LogP contribution in [0, 0.1) is 13.8 Å². The highest BCUT2D eigenvalue weighted by Crippen LogP contribution is 2.15. The molecule has 0 aromatic heterocycles. The van der Waals surface area contributed by atoms with Gasteiger partial charge in [0.05, 0.1) is 4.90 Å². The maximum atomic E-state index is 11.0. The van der Waals surface area contributed by atoms with Crippen molar-refractivity contribution in [3.63, 3.8) is 0 Å². The average Bonchev–Trinajstić information content (AvgIpc) is 2.11. The second-order valence-electron chi connectivity index (χ2n) is 2.74. The van der Waals surface area contributed by atoms with Crippen LogP contribution in [0.4, 0.5) is 0 Å². The van der Waals surface area contributed by atoms with Crippen molar-refractivity contribution in [3.8, 4) is 0 Å². The van der Waals surface area contributed by atoms with Crippen LogP contribution in [-0.4, -0.2) is 8.42 Å². The third kappa shape index (κ3) is 3.08. The molecular formula is C8H15N3O2S. The molecule has 6 N–H and O–H groups in total. The van der Waals surface area contributed by atoms with Crippen LogP contribution in [0.2, 0.25) is 0 Å². The maximum Gasteiger partial charge on any atom is 0.238 e. The first-order valence-electron chi connectivity index (χ1n) is 3.85. The number of primary sulfonamides is 1. The molecule has 0 aliphatic heterocycles. The van der Waals surface area contributed by atoms with Crippen molar-refractivity contribution in [1.29, 1.82) is 0 Å². The summed E-state index contributed by atoms with van der Waals surface area (Å²) >= 11 is 0. The lowest BCUT2D eigenvalue weighted by Crippen LogP contribution is -2.13. The smallest absolute Gasteiger partial charge is 0.238 e. The molecule has 0 fully saturated rings. The molecule has 0 saturated heterocycles. The summed E-state index contributed by atoms with van der Waals surface area (Å²) in [7, 11) is -3.56. The van der Waals surface area contributed by atoms with Gasteiger partial charge in [0.2, 0.25) is 10.0 Å². The van der Waals surface area contributed by atoms with E-state index >= 15 is 0 Å². The summed E-state index contributed by atoms with van der Waals surface area (Å²) in [4.78, 5) is 0.211. The van der Waals surface area contributed by atoms with Crippen molar-refractivity contribution < 1.29 is 8.42 Å². The fourth-order valence-electron chi connectivity index (χ4n) is 1.03. The zero-order valence-electron chi connectivity index (χ0n) is 8.19. The van der Waals surface area contributed by atoms with E-state index in [0.29, 0.717) is 0 Å². The summed E-state index contributed by atoms with van der Waals surface area (Å²) in [5.41, 5.74) is 1.65. The van der Waals surface area contributed by atoms with Gasteiger partial charge in [0, 0.05) is 0 Å². The van der Waals surface area contributed by atoms with Crippen molar-refractivity contribution in [2.45, 2.75) is 18.7 Å². The molecule has 0 unspecified atom stereocenters. The van der Waals surface area contributed by atoms with Crippen LogP contribution in [-0.2, 0) is 10.0 Å². The lowest BCUT2D eigenvalue weighted by atomic mass is 10.1. The first-order chi connectivity index (χ1) is 6.43. The van der Waals surface area contributed by atoms with E-state index in [9.17, 15) is 8.42 Å². The summed E-state index contributed by atoms with van der Waals surface area (Å²) in [6, 6.07) is 5.05. The van der Waals surface area contributed by atoms with Crippen molar-refractivity contribution in [1.82, 2.24) is 0 Å². The molecule has 1 aromatic rings. The zero-order chi connectivity index (χ0) is 11.4. The molecule has 0 aliphatic rings. The number of aryl methyl sites for hydroxylation is 1. The van der Waals surface area contributed by atoms with Crippen molar-refractivity contribution in [2.24, 2.45) is 16.8 Å². The molecule has 0 bridgehead atoms. The predicted molar refractivity (Wildman–Crippen MR) is 55.7 cm³/mol. The molecule has 0 aliphatic carbocycles. The molecule has 80 valence electrons. The van der Waals surface area contributed by atoms with E-state index in [-0.39, 0.29) is 4.90 Å². The van der Waals surface area contributed by atoms with Gasteiger partial charge in [-0.15, -0.1) is 0 Å². The van der Waals surface area contributed by atoms with Crippen LogP contribution in [0.5, 0.6) is 0 Å². The van der Waals surface area contributed by atoms with E-state index in [4.69, 9.17) is 5.14 Å². The largest absolute Gasteiger partial charge is 0.274 e. The minimum Gasteiger partial charge on any atom is -0.274 e. The first kappa shape index (κ1) is 13.1. The Balaban J connectivity index is 0.000000791. The normalized spacial score (nSPS) is 10.4. The van der Waals surface area contributed by atoms with Crippen LogP contribution >= 0.6 is 0 Å². The van der Waals surface area contributed by atoms with Crippen LogP contribution in [0.1, 0.15) is 11.1 Å². The number of rotatable bonds is 1. The minimum atomic E-state index is -3.56. The molecule has 14 heavy (non-hydrogen) atoms. The van der Waals surface area contributed by atoms with Crippen molar-refractivity contribution in [3.05, 3.63) is 29.3 Å². The Morgan fingerprint density at radius 1 is 1.14 bits per heavy atom. The molecule has 0 radical (unpaired) electrons. The lowest BCUT2D eigenvalue weighted by molar-refractivity contribution is 0.597. The summed E-state index contributed by atoms with van der Waals surface area (Å²) in [6.07, 6.45) is 0. The fourth-order valence-corrected chi connectivity index (χ4v) is 1.89. The zero-order valence-corrected chi connectivity index (χ0v) is 9.01.